The highest BCUT2D eigenvalue weighted by Crippen LogP contribution is 2.69. The summed E-state index contributed by atoms with van der Waals surface area (Å²) in [5.74, 6) is 2.28. The van der Waals surface area contributed by atoms with E-state index in [1.165, 1.54) is 31.4 Å². The Morgan fingerprint density at radius 1 is 1.14 bits per heavy atom. The highest BCUT2D eigenvalue weighted by atomic mass is 19.4. The average Bonchev–Trinajstić information content (AvgIpc) is 2.87. The van der Waals surface area contributed by atoms with Crippen molar-refractivity contribution in [3.05, 3.63) is 29.8 Å². The quantitative estimate of drug-likeness (QED) is 0.880. The second-order valence-corrected chi connectivity index (χ2v) is 6.58. The van der Waals surface area contributed by atoms with Gasteiger partial charge < -0.3 is 5.32 Å². The van der Waals surface area contributed by atoms with Gasteiger partial charge in [0.15, 0.2) is 0 Å². The molecule has 5 atom stereocenters. The molecule has 21 heavy (non-hydrogen) atoms. The maximum absolute atomic E-state index is 12.7. The van der Waals surface area contributed by atoms with Crippen molar-refractivity contribution in [3.8, 4) is 0 Å². The molecule has 0 spiro atoms. The van der Waals surface area contributed by atoms with Crippen LogP contribution in [0.5, 0.6) is 0 Å². The molecule has 3 aliphatic rings. The smallest absolute Gasteiger partial charge is 0.326 e. The number of hydrogen-bond donors (Lipinski definition) is 1. The van der Waals surface area contributed by atoms with Gasteiger partial charge in [0, 0.05) is 11.6 Å². The molecule has 1 unspecified atom stereocenters. The van der Waals surface area contributed by atoms with Crippen molar-refractivity contribution in [3.63, 3.8) is 0 Å². The van der Waals surface area contributed by atoms with Gasteiger partial charge in [-0.25, -0.2) is 0 Å². The van der Waals surface area contributed by atoms with Gasteiger partial charge in [-0.1, -0.05) is 6.07 Å². The Labute approximate surface area is 120 Å². The van der Waals surface area contributed by atoms with Crippen molar-refractivity contribution in [2.75, 3.05) is 5.32 Å². The SMILES string of the molecule is O=C(Nc1cccc(C(F)(F)F)c1)C1[C@@H]2[C@@H]3CC[C@@H](C3)[C@@H]12. The van der Waals surface area contributed by atoms with Crippen LogP contribution in [0, 0.1) is 29.6 Å². The van der Waals surface area contributed by atoms with Gasteiger partial charge in [0.1, 0.15) is 0 Å². The lowest BCUT2D eigenvalue weighted by Gasteiger charge is -2.11. The third-order valence-corrected chi connectivity index (χ3v) is 5.50. The zero-order valence-electron chi connectivity index (χ0n) is 11.4. The Hall–Kier alpha value is -1.52. The highest BCUT2D eigenvalue weighted by molar-refractivity contribution is 5.95. The van der Waals surface area contributed by atoms with Gasteiger partial charge in [0.25, 0.3) is 0 Å². The van der Waals surface area contributed by atoms with E-state index in [4.69, 9.17) is 0 Å². The molecule has 0 aromatic heterocycles. The molecule has 2 bridgehead atoms. The van der Waals surface area contributed by atoms with Crippen molar-refractivity contribution < 1.29 is 18.0 Å². The highest BCUT2D eigenvalue weighted by Gasteiger charge is 2.67. The number of alkyl halides is 3. The van der Waals surface area contributed by atoms with E-state index in [1.807, 2.05) is 0 Å². The number of rotatable bonds is 2. The predicted octanol–water partition coefficient (Wildman–Crippen LogP) is 3.94. The van der Waals surface area contributed by atoms with Crippen LogP contribution in [-0.2, 0) is 11.0 Å². The van der Waals surface area contributed by atoms with E-state index < -0.39 is 11.7 Å². The first kappa shape index (κ1) is 13.2. The molecule has 2 nitrogen and oxygen atoms in total. The monoisotopic (exact) mass is 295 g/mol. The topological polar surface area (TPSA) is 29.1 Å². The lowest BCUT2D eigenvalue weighted by Crippen LogP contribution is -2.19. The number of carbonyl (C=O) groups excluding carboxylic acids is 1. The molecule has 112 valence electrons. The van der Waals surface area contributed by atoms with Crippen LogP contribution >= 0.6 is 0 Å². The first-order valence-electron chi connectivity index (χ1n) is 7.43. The molecule has 5 heteroatoms. The number of amides is 1. The number of hydrogen-bond acceptors (Lipinski definition) is 1. The van der Waals surface area contributed by atoms with Crippen LogP contribution in [0.1, 0.15) is 24.8 Å². The minimum absolute atomic E-state index is 0.0331. The van der Waals surface area contributed by atoms with Gasteiger partial charge >= 0.3 is 6.18 Å². The molecule has 3 saturated carbocycles. The normalized spacial score (nSPS) is 36.4. The summed E-state index contributed by atoms with van der Waals surface area (Å²) in [4.78, 5) is 12.3. The second-order valence-electron chi connectivity index (χ2n) is 6.58. The summed E-state index contributed by atoms with van der Waals surface area (Å²) in [6.45, 7) is 0. The Balaban J connectivity index is 1.46. The molecule has 3 fully saturated rings. The lowest BCUT2D eigenvalue weighted by molar-refractivity contribution is -0.137. The third kappa shape index (κ3) is 2.05. The summed E-state index contributed by atoms with van der Waals surface area (Å²) in [7, 11) is 0. The summed E-state index contributed by atoms with van der Waals surface area (Å²) in [6.07, 6.45) is -0.684. The predicted molar refractivity (Wildman–Crippen MR) is 71.4 cm³/mol. The summed E-state index contributed by atoms with van der Waals surface area (Å²) in [5.41, 5.74) is -0.483. The third-order valence-electron chi connectivity index (χ3n) is 5.50. The molecule has 0 heterocycles. The molecule has 1 aromatic carbocycles. The van der Waals surface area contributed by atoms with Crippen LogP contribution < -0.4 is 5.32 Å². The molecule has 4 rings (SSSR count). The number of halogens is 3. The first-order chi connectivity index (χ1) is 9.95. The van der Waals surface area contributed by atoms with E-state index in [9.17, 15) is 18.0 Å². The van der Waals surface area contributed by atoms with Crippen LogP contribution in [0.15, 0.2) is 24.3 Å². The number of carbonyl (C=O) groups is 1. The Morgan fingerprint density at radius 2 is 1.81 bits per heavy atom. The number of nitrogens with one attached hydrogen (secondary N) is 1. The zero-order chi connectivity index (χ0) is 14.8. The van der Waals surface area contributed by atoms with Gasteiger partial charge in [-0.2, -0.15) is 13.2 Å². The van der Waals surface area contributed by atoms with Crippen molar-refractivity contribution in [1.29, 1.82) is 0 Å². The van der Waals surface area contributed by atoms with Crippen LogP contribution in [-0.4, -0.2) is 5.91 Å². The summed E-state index contributed by atoms with van der Waals surface area (Å²) in [6, 6.07) is 4.86. The fourth-order valence-electron chi connectivity index (χ4n) is 4.67. The van der Waals surface area contributed by atoms with Crippen molar-refractivity contribution in [2.24, 2.45) is 29.6 Å². The van der Waals surface area contributed by atoms with E-state index in [0.29, 0.717) is 23.7 Å². The average molecular weight is 295 g/mol. The molecule has 1 amide bonds. The molecular formula is C16H16F3NO. The molecule has 0 radical (unpaired) electrons. The molecule has 1 N–H and O–H groups in total. The number of benzene rings is 1. The van der Waals surface area contributed by atoms with Gasteiger partial charge in [0.2, 0.25) is 5.91 Å². The Morgan fingerprint density at radius 3 is 2.43 bits per heavy atom. The maximum atomic E-state index is 12.7. The minimum Gasteiger partial charge on any atom is -0.326 e. The van der Waals surface area contributed by atoms with E-state index in [2.05, 4.69) is 5.32 Å². The van der Waals surface area contributed by atoms with Crippen LogP contribution in [0.2, 0.25) is 0 Å². The number of anilines is 1. The largest absolute Gasteiger partial charge is 0.416 e. The fourth-order valence-corrected chi connectivity index (χ4v) is 4.67. The van der Waals surface area contributed by atoms with E-state index >= 15 is 0 Å². The van der Waals surface area contributed by atoms with Gasteiger partial charge in [-0.3, -0.25) is 4.79 Å². The summed E-state index contributed by atoms with van der Waals surface area (Å²) < 4.78 is 38.0. The molecule has 0 aliphatic heterocycles. The van der Waals surface area contributed by atoms with Gasteiger partial charge in [-0.15, -0.1) is 0 Å². The fraction of sp³-hybridized carbons (Fsp3) is 0.562. The van der Waals surface area contributed by atoms with Crippen molar-refractivity contribution in [1.82, 2.24) is 0 Å². The van der Waals surface area contributed by atoms with Crippen LogP contribution in [0.4, 0.5) is 18.9 Å². The van der Waals surface area contributed by atoms with E-state index in [-0.39, 0.29) is 17.5 Å². The van der Waals surface area contributed by atoms with E-state index in [0.717, 1.165) is 12.1 Å². The van der Waals surface area contributed by atoms with Gasteiger partial charge in [-0.05, 0) is 61.1 Å². The molecule has 3 aliphatic carbocycles. The van der Waals surface area contributed by atoms with Crippen LogP contribution in [0.3, 0.4) is 0 Å². The summed E-state index contributed by atoms with van der Waals surface area (Å²) in [5, 5.41) is 2.67. The van der Waals surface area contributed by atoms with Crippen molar-refractivity contribution >= 4 is 11.6 Å². The lowest BCUT2D eigenvalue weighted by atomic mass is 10.0. The van der Waals surface area contributed by atoms with Crippen LogP contribution in [0.25, 0.3) is 0 Å². The van der Waals surface area contributed by atoms with Gasteiger partial charge in [0.05, 0.1) is 5.56 Å². The first-order valence-corrected chi connectivity index (χ1v) is 7.43. The maximum Gasteiger partial charge on any atom is 0.416 e. The molecular weight excluding hydrogens is 279 g/mol. The molecule has 1 aromatic rings. The second kappa shape index (κ2) is 4.24. The van der Waals surface area contributed by atoms with Crippen molar-refractivity contribution in [2.45, 2.75) is 25.4 Å². The van der Waals surface area contributed by atoms with E-state index in [1.54, 1.807) is 0 Å². The Bertz CT molecular complexity index is 581. The molecule has 0 saturated heterocycles. The zero-order valence-corrected chi connectivity index (χ0v) is 11.4. The minimum atomic E-state index is -4.38. The standard InChI is InChI=1S/C16H16F3NO/c17-16(18,19)10-2-1-3-11(7-10)20-15(21)14-12-8-4-5-9(6-8)13(12)14/h1-3,7-9,12-14H,4-6H2,(H,20,21)/t8-,9+,12-,13-,14?/m1/s1. The number of fused-ring (bicyclic) bond motifs is 5. The summed E-state index contributed by atoms with van der Waals surface area (Å²) >= 11 is 0. The Kier molecular flexibility index (Phi) is 2.66.